The summed E-state index contributed by atoms with van der Waals surface area (Å²) in [5.74, 6) is -3.10. The molecule has 2 spiro atoms. The van der Waals surface area contributed by atoms with Crippen molar-refractivity contribution in [3.05, 3.63) is 120 Å². The van der Waals surface area contributed by atoms with Crippen LogP contribution < -0.4 is 19.2 Å². The molecule has 0 aromatic heterocycles. The number of sulfonamides is 2. The monoisotopic (exact) mass is 1550 g/mol. The van der Waals surface area contributed by atoms with Gasteiger partial charge in [-0.3, -0.25) is 38.6 Å². The summed E-state index contributed by atoms with van der Waals surface area (Å²) in [6, 6.07) is 28.1. The minimum Gasteiger partial charge on any atom is -0.435 e. The molecule has 10 heterocycles. The molecule has 14 rings (SSSR count). The van der Waals surface area contributed by atoms with Crippen molar-refractivity contribution in [1.82, 2.24) is 30.2 Å². The molecule has 2 N–H and O–H groups in total. The first-order chi connectivity index (χ1) is 50.0. The molecule has 34 heteroatoms. The van der Waals surface area contributed by atoms with Crippen molar-refractivity contribution >= 4 is 122 Å². The summed E-state index contributed by atoms with van der Waals surface area (Å²) in [4.78, 5) is 111. The fraction of sp³-hybridized carbons (Fsp3) is 0.543. The van der Waals surface area contributed by atoms with Gasteiger partial charge < -0.3 is 58.3 Å². The predicted octanol–water partition coefficient (Wildman–Crippen LogP) is 7.71. The second-order valence-corrected chi connectivity index (χ2v) is 34.9. The fourth-order valence-electron chi connectivity index (χ4n) is 15.1. The van der Waals surface area contributed by atoms with E-state index in [1.807, 2.05) is 6.92 Å². The quantitative estimate of drug-likeness (QED) is 0.0257. The molecule has 4 aromatic rings. The van der Waals surface area contributed by atoms with Crippen molar-refractivity contribution in [2.75, 3.05) is 115 Å². The topological polar surface area (TPSA) is 322 Å². The number of carbonyl (C=O) groups excluding carboxylic acids is 8. The van der Waals surface area contributed by atoms with E-state index in [4.69, 9.17) is 37.9 Å². The van der Waals surface area contributed by atoms with E-state index in [2.05, 4.69) is 24.5 Å². The molecule has 6 amide bonds. The van der Waals surface area contributed by atoms with Crippen LogP contribution in [0, 0.1) is 0 Å². The first-order valence-electron chi connectivity index (χ1n) is 34.8. The summed E-state index contributed by atoms with van der Waals surface area (Å²) in [6.45, 7) is 11.3. The third-order valence-corrected chi connectivity index (χ3v) is 30.6. The Labute approximate surface area is 621 Å². The van der Waals surface area contributed by atoms with Crippen LogP contribution in [0.2, 0.25) is 0 Å². The Balaban J connectivity index is 0.000000604. The van der Waals surface area contributed by atoms with Crippen LogP contribution in [0.5, 0.6) is 0 Å². The highest BCUT2D eigenvalue weighted by molar-refractivity contribution is 8.78. The lowest BCUT2D eigenvalue weighted by atomic mass is 9.54. The third-order valence-electron chi connectivity index (χ3n) is 19.8. The van der Waals surface area contributed by atoms with Crippen LogP contribution in [0.1, 0.15) is 103 Å². The van der Waals surface area contributed by atoms with Crippen molar-refractivity contribution in [1.29, 1.82) is 0 Å². The molecule has 0 saturated carbocycles. The summed E-state index contributed by atoms with van der Waals surface area (Å²) in [5.41, 5.74) is -3.34. The predicted molar refractivity (Wildman–Crippen MR) is 389 cm³/mol. The normalized spacial score (nSPS) is 25.9. The fourth-order valence-corrected chi connectivity index (χ4v) is 25.7. The molecule has 4 bridgehead atoms. The van der Waals surface area contributed by atoms with Gasteiger partial charge in [0.25, 0.3) is 43.7 Å². The van der Waals surface area contributed by atoms with Crippen molar-refractivity contribution in [2.45, 2.75) is 144 Å². The lowest BCUT2D eigenvalue weighted by molar-refractivity contribution is -0.167. The number of hydrogen-bond acceptors (Lipinski definition) is 24. The molecule has 0 aliphatic carbocycles. The lowest BCUT2D eigenvalue weighted by Crippen LogP contribution is -2.78. The number of hydrogen-bond donors (Lipinski definition) is 2. The number of carbonyl (C=O) groups is 8. The molecule has 564 valence electrons. The van der Waals surface area contributed by atoms with Crippen LogP contribution in [0.15, 0.2) is 119 Å². The van der Waals surface area contributed by atoms with Gasteiger partial charge in [-0.25, -0.2) is 35.0 Å². The van der Waals surface area contributed by atoms with E-state index in [-0.39, 0.29) is 70.2 Å². The Bertz CT molecular complexity index is 4080. The second-order valence-electron chi connectivity index (χ2n) is 25.9. The van der Waals surface area contributed by atoms with Crippen LogP contribution in [0.4, 0.5) is 21.0 Å². The summed E-state index contributed by atoms with van der Waals surface area (Å²) in [7, 11) is -3.09. The van der Waals surface area contributed by atoms with E-state index < -0.39 is 125 Å². The average molecular weight is 1550 g/mol. The maximum Gasteiger partial charge on any atom is 0.508 e. The number of anilines is 2. The molecule has 4 aromatic carbocycles. The van der Waals surface area contributed by atoms with E-state index in [0.29, 0.717) is 72.2 Å². The van der Waals surface area contributed by atoms with E-state index >= 15 is 36.0 Å². The molecular weight excluding hydrogens is 1470 g/mol. The molecular formula is C70H88N8O20S6. The number of rotatable bonds is 34. The number of amides is 6. The standard InChI is InChI=1S/C58H63N7O17S6.C12H25NO3/c1-5-29-77-32-33-78-31-28-59-44(66)27-17-18-30-80-52(72)82-37-58-50(70)63-46-54(35-56(63,84-86-58)48(68)61(58)4,41-24-14-16-26-43(41)65(46)88(75,76)39-21-11-8-12-22-39)53-34-55-47(67)60(3)57(85-83-55,36-81-51(71)79-6-2)49(69)62(55)45(53)64(42-25-15-13-23-40(42)53)87(73,74)38-19-9-7-10-20-38;1-3-5-6-12(14)13-7-9-16-11-10-15-8-4-2/h7-16,19-26,45-46H,5-6,17-18,27-37H2,1-4H3,(H,59,66);3-11H2,1-2H3,(H,13,14)/t45-,46-,53-,54-,55-,56-,57-,58-;/m0./s1. The van der Waals surface area contributed by atoms with Gasteiger partial charge in [-0.1, -0.05) is 122 Å². The Kier molecular flexibility index (Phi) is 24.5. The van der Waals surface area contributed by atoms with E-state index in [1.54, 1.807) is 67.6 Å². The summed E-state index contributed by atoms with van der Waals surface area (Å²) in [5, 5.41) is 5.60. The molecule has 0 unspecified atom stereocenters. The Morgan fingerprint density at radius 2 is 0.846 bits per heavy atom. The zero-order chi connectivity index (χ0) is 74.3. The highest BCUT2D eigenvalue weighted by Crippen LogP contribution is 2.81. The van der Waals surface area contributed by atoms with Gasteiger partial charge in [0.05, 0.1) is 84.9 Å². The zero-order valence-electron chi connectivity index (χ0n) is 58.8. The molecule has 8 fully saturated rings. The number of likely N-dealkylation sites (N-methyl/N-ethyl adjacent to an activating group) is 2. The highest BCUT2D eigenvalue weighted by atomic mass is 33.1. The third kappa shape index (κ3) is 13.5. The smallest absolute Gasteiger partial charge is 0.435 e. The van der Waals surface area contributed by atoms with Crippen LogP contribution >= 0.6 is 43.2 Å². The van der Waals surface area contributed by atoms with Crippen molar-refractivity contribution in [3.63, 3.8) is 0 Å². The molecule has 10 aliphatic heterocycles. The SMILES string of the molecule is CCCCC(=O)NCCOCCOCCC.CCCOCCOCCNC(=O)CCCCOC(=O)OC[C@]12SS[C@@]3(C[C@]4([C@]56C[C@@]78SS[C@@](COC(=O)OCC)(C(=O)N7[C@H]5N(S(=O)(=O)c5ccccc5)c5ccccc56)N(C)C8=O)c5ccccc5N(S(=O)(=O)c5ccccc5)[C@@H]4N3C1=O)C(=O)N2C. The molecule has 28 nitrogen and oxygen atoms in total. The molecule has 104 heavy (non-hydrogen) atoms. The van der Waals surface area contributed by atoms with E-state index in [9.17, 15) is 19.2 Å². The van der Waals surface area contributed by atoms with Gasteiger partial charge in [0.15, 0.2) is 9.74 Å². The van der Waals surface area contributed by atoms with E-state index in [0.717, 1.165) is 84.1 Å². The number of nitrogens with zero attached hydrogens (tertiary/aromatic N) is 6. The number of unbranched alkanes of at least 4 members (excludes halogenated alkanes) is 2. The Morgan fingerprint density at radius 3 is 1.26 bits per heavy atom. The lowest BCUT2D eigenvalue weighted by Gasteiger charge is -2.58. The summed E-state index contributed by atoms with van der Waals surface area (Å²) in [6.07, 6.45) is -1.40. The van der Waals surface area contributed by atoms with Gasteiger partial charge in [-0.2, -0.15) is 0 Å². The van der Waals surface area contributed by atoms with Crippen molar-refractivity contribution in [2.24, 2.45) is 0 Å². The van der Waals surface area contributed by atoms with Crippen molar-refractivity contribution in [3.8, 4) is 0 Å². The van der Waals surface area contributed by atoms with E-state index in [1.165, 1.54) is 82.2 Å². The summed E-state index contributed by atoms with van der Waals surface area (Å²) >= 11 is 0. The minimum atomic E-state index is -4.87. The number of benzene rings is 4. The molecule has 8 saturated heterocycles. The number of fused-ring (bicyclic) bond motifs is 11. The summed E-state index contributed by atoms with van der Waals surface area (Å²) < 4.78 is 110. The number of ether oxygens (including phenoxy) is 8. The minimum absolute atomic E-state index is 0.0701. The molecule has 0 radical (unpaired) electrons. The Morgan fingerprint density at radius 1 is 0.452 bits per heavy atom. The number of piperazine rings is 2. The van der Waals surface area contributed by atoms with Gasteiger partial charge >= 0.3 is 12.3 Å². The molecule has 10 aliphatic rings. The van der Waals surface area contributed by atoms with Crippen LogP contribution in [0.25, 0.3) is 0 Å². The maximum atomic E-state index is 16.5. The number of nitrogens with one attached hydrogen (secondary N) is 2. The van der Waals surface area contributed by atoms with Crippen molar-refractivity contribution < 1.29 is 93.1 Å². The van der Waals surface area contributed by atoms with Gasteiger partial charge in [0.2, 0.25) is 21.6 Å². The zero-order valence-corrected chi connectivity index (χ0v) is 63.7. The van der Waals surface area contributed by atoms with Gasteiger partial charge in [-0.15, -0.1) is 0 Å². The first kappa shape index (κ1) is 78.1. The first-order valence-corrected chi connectivity index (χ1v) is 42.0. The highest BCUT2D eigenvalue weighted by Gasteiger charge is 2.90. The van der Waals surface area contributed by atoms with Crippen LogP contribution in [0.3, 0.4) is 0 Å². The van der Waals surface area contributed by atoms with Gasteiger partial charge in [0.1, 0.15) is 25.5 Å². The average Bonchev–Trinajstić information content (AvgIpc) is 1.44. The van der Waals surface area contributed by atoms with Crippen LogP contribution in [-0.4, -0.2) is 222 Å². The maximum absolute atomic E-state index is 16.5. The van der Waals surface area contributed by atoms with Gasteiger partial charge in [-0.05, 0) is 108 Å². The number of para-hydroxylation sites is 2. The van der Waals surface area contributed by atoms with Crippen LogP contribution in [-0.2, 0) is 97.5 Å². The largest absolute Gasteiger partial charge is 0.508 e. The molecule has 8 atom stereocenters. The Hall–Kier alpha value is -7.02. The second kappa shape index (κ2) is 32.6. The van der Waals surface area contributed by atoms with Gasteiger partial charge in [0, 0.05) is 66.1 Å².